The van der Waals surface area contributed by atoms with Crippen molar-refractivity contribution in [1.82, 2.24) is 0 Å². The summed E-state index contributed by atoms with van der Waals surface area (Å²) in [6.45, 7) is 1.45. The molecule has 0 radical (unpaired) electrons. The van der Waals surface area contributed by atoms with Crippen molar-refractivity contribution in [3.63, 3.8) is 0 Å². The summed E-state index contributed by atoms with van der Waals surface area (Å²) in [5.41, 5.74) is 1.12. The second-order valence-corrected chi connectivity index (χ2v) is 6.46. The molecule has 5 heteroatoms. The van der Waals surface area contributed by atoms with Gasteiger partial charge in [-0.3, -0.25) is 4.79 Å². The van der Waals surface area contributed by atoms with Crippen LogP contribution in [0.25, 0.3) is 0 Å². The molecule has 0 bridgehead atoms. The third-order valence-electron chi connectivity index (χ3n) is 2.89. The molecule has 0 heterocycles. The van der Waals surface area contributed by atoms with Crippen LogP contribution in [-0.2, 0) is 15.6 Å². The van der Waals surface area contributed by atoms with Crippen LogP contribution in [0.3, 0.4) is 0 Å². The third kappa shape index (κ3) is 3.30. The number of carbonyl (C=O) groups is 1. The second-order valence-electron chi connectivity index (χ2n) is 4.47. The maximum absolute atomic E-state index is 12.8. The summed E-state index contributed by atoms with van der Waals surface area (Å²) in [7, 11) is -3.51. The molecule has 2 rings (SSSR count). The van der Waals surface area contributed by atoms with E-state index < -0.39 is 15.7 Å². The first-order chi connectivity index (χ1) is 9.38. The Labute approximate surface area is 117 Å². The van der Waals surface area contributed by atoms with E-state index in [-0.39, 0.29) is 16.4 Å². The number of carbonyl (C=O) groups excluding carboxylic acids is 1. The molecule has 0 aromatic heterocycles. The molecular weight excluding hydrogens is 279 g/mol. The van der Waals surface area contributed by atoms with E-state index in [0.29, 0.717) is 11.1 Å². The molecule has 0 fully saturated rings. The van der Waals surface area contributed by atoms with Crippen molar-refractivity contribution >= 4 is 15.6 Å². The van der Waals surface area contributed by atoms with Crippen molar-refractivity contribution < 1.29 is 17.6 Å². The first kappa shape index (κ1) is 14.4. The van der Waals surface area contributed by atoms with Gasteiger partial charge in [-0.2, -0.15) is 0 Å². The van der Waals surface area contributed by atoms with E-state index in [0.717, 1.165) is 12.1 Å². The Balaban J connectivity index is 2.24. The van der Waals surface area contributed by atoms with Crippen LogP contribution in [0.2, 0.25) is 0 Å². The molecular formula is C15H13FO3S. The number of sulfone groups is 1. The van der Waals surface area contributed by atoms with Gasteiger partial charge in [-0.05, 0) is 36.8 Å². The predicted molar refractivity (Wildman–Crippen MR) is 73.7 cm³/mol. The Morgan fingerprint density at radius 2 is 1.55 bits per heavy atom. The quantitative estimate of drug-likeness (QED) is 0.643. The highest BCUT2D eigenvalue weighted by Gasteiger charge is 2.15. The molecule has 3 nitrogen and oxygen atoms in total. The molecule has 0 saturated carbocycles. The lowest BCUT2D eigenvalue weighted by atomic mass is 10.1. The monoisotopic (exact) mass is 292 g/mol. The molecule has 0 aliphatic rings. The fraction of sp³-hybridized carbons (Fsp3) is 0.133. The minimum Gasteiger partial charge on any atom is -0.295 e. The van der Waals surface area contributed by atoms with Crippen LogP contribution in [-0.4, -0.2) is 14.2 Å². The number of benzene rings is 2. The van der Waals surface area contributed by atoms with E-state index >= 15 is 0 Å². The van der Waals surface area contributed by atoms with Gasteiger partial charge in [0.15, 0.2) is 15.6 Å². The lowest BCUT2D eigenvalue weighted by molar-refractivity contribution is 0.101. The van der Waals surface area contributed by atoms with Crippen molar-refractivity contribution in [1.29, 1.82) is 0 Å². The topological polar surface area (TPSA) is 51.2 Å². The normalized spacial score (nSPS) is 11.3. The van der Waals surface area contributed by atoms with Crippen LogP contribution < -0.4 is 0 Å². The summed E-state index contributed by atoms with van der Waals surface area (Å²) in [5, 5.41) is 0. The van der Waals surface area contributed by atoms with Crippen molar-refractivity contribution in [3.8, 4) is 0 Å². The Bertz CT molecular complexity index is 717. The molecule has 0 spiro atoms. The maximum atomic E-state index is 12.8. The van der Waals surface area contributed by atoms with E-state index in [2.05, 4.69) is 0 Å². The standard InChI is InChI=1S/C15H13FO3S/c1-11(17)13-4-2-12(3-5-13)10-20(18,19)15-8-6-14(16)7-9-15/h2-9H,10H2,1H3. The predicted octanol–water partition coefficient (Wildman–Crippen LogP) is 3.00. The molecule has 0 N–H and O–H groups in total. The molecule has 0 saturated heterocycles. The van der Waals surface area contributed by atoms with E-state index in [1.54, 1.807) is 24.3 Å². The number of rotatable bonds is 4. The molecule has 0 atom stereocenters. The van der Waals surface area contributed by atoms with Gasteiger partial charge in [0.05, 0.1) is 10.6 Å². The van der Waals surface area contributed by atoms with Gasteiger partial charge in [0.25, 0.3) is 0 Å². The summed E-state index contributed by atoms with van der Waals surface area (Å²) in [6, 6.07) is 11.1. The summed E-state index contributed by atoms with van der Waals surface area (Å²) < 4.78 is 37.1. The van der Waals surface area contributed by atoms with Crippen LogP contribution in [0.15, 0.2) is 53.4 Å². The fourth-order valence-corrected chi connectivity index (χ4v) is 3.13. The zero-order valence-corrected chi connectivity index (χ0v) is 11.7. The maximum Gasteiger partial charge on any atom is 0.182 e. The average molecular weight is 292 g/mol. The molecule has 0 aliphatic heterocycles. The molecule has 0 amide bonds. The highest BCUT2D eigenvalue weighted by molar-refractivity contribution is 7.90. The number of hydrogen-bond donors (Lipinski definition) is 0. The van der Waals surface area contributed by atoms with Crippen LogP contribution in [0, 0.1) is 5.82 Å². The van der Waals surface area contributed by atoms with Crippen LogP contribution in [0.1, 0.15) is 22.8 Å². The van der Waals surface area contributed by atoms with Gasteiger partial charge in [0, 0.05) is 5.56 Å². The van der Waals surface area contributed by atoms with Crippen molar-refractivity contribution in [2.24, 2.45) is 0 Å². The molecule has 104 valence electrons. The first-order valence-electron chi connectivity index (χ1n) is 5.97. The lowest BCUT2D eigenvalue weighted by Gasteiger charge is -2.05. The Morgan fingerprint density at radius 1 is 1.00 bits per heavy atom. The zero-order valence-electron chi connectivity index (χ0n) is 10.8. The first-order valence-corrected chi connectivity index (χ1v) is 7.62. The summed E-state index contributed by atoms with van der Waals surface area (Å²) in [6.07, 6.45) is 0. The molecule has 2 aromatic carbocycles. The summed E-state index contributed by atoms with van der Waals surface area (Å²) in [5.74, 6) is -0.732. The molecule has 0 aliphatic carbocycles. The molecule has 0 unspecified atom stereocenters. The third-order valence-corrected chi connectivity index (χ3v) is 4.59. The van der Waals surface area contributed by atoms with Crippen LogP contribution in [0.5, 0.6) is 0 Å². The number of ketones is 1. The van der Waals surface area contributed by atoms with Crippen LogP contribution >= 0.6 is 0 Å². The van der Waals surface area contributed by atoms with E-state index in [1.807, 2.05) is 0 Å². The van der Waals surface area contributed by atoms with Gasteiger partial charge < -0.3 is 0 Å². The molecule has 20 heavy (non-hydrogen) atoms. The largest absolute Gasteiger partial charge is 0.295 e. The minimum absolute atomic E-state index is 0.0714. The minimum atomic E-state index is -3.51. The lowest BCUT2D eigenvalue weighted by Crippen LogP contribution is -2.05. The molecule has 2 aromatic rings. The zero-order chi connectivity index (χ0) is 14.8. The van der Waals surface area contributed by atoms with E-state index in [9.17, 15) is 17.6 Å². The van der Waals surface area contributed by atoms with Gasteiger partial charge in [-0.15, -0.1) is 0 Å². The summed E-state index contributed by atoms with van der Waals surface area (Å²) >= 11 is 0. The van der Waals surface area contributed by atoms with Gasteiger partial charge in [-0.1, -0.05) is 24.3 Å². The van der Waals surface area contributed by atoms with Crippen molar-refractivity contribution in [2.75, 3.05) is 0 Å². The average Bonchev–Trinajstić information content (AvgIpc) is 2.39. The van der Waals surface area contributed by atoms with Crippen molar-refractivity contribution in [2.45, 2.75) is 17.6 Å². The van der Waals surface area contributed by atoms with Gasteiger partial charge >= 0.3 is 0 Å². The van der Waals surface area contributed by atoms with Crippen molar-refractivity contribution in [3.05, 3.63) is 65.5 Å². The van der Waals surface area contributed by atoms with E-state index in [1.165, 1.54) is 19.1 Å². The number of Topliss-reactive ketones (excluding diaryl/α,β-unsaturated/α-hetero) is 1. The Kier molecular flexibility index (Phi) is 3.99. The van der Waals surface area contributed by atoms with Crippen LogP contribution in [0.4, 0.5) is 4.39 Å². The smallest absolute Gasteiger partial charge is 0.182 e. The fourth-order valence-electron chi connectivity index (χ4n) is 1.78. The Hall–Kier alpha value is -2.01. The highest BCUT2D eigenvalue weighted by Crippen LogP contribution is 2.17. The van der Waals surface area contributed by atoms with E-state index in [4.69, 9.17) is 0 Å². The van der Waals surface area contributed by atoms with Gasteiger partial charge in [-0.25, -0.2) is 12.8 Å². The van der Waals surface area contributed by atoms with Gasteiger partial charge in [0.1, 0.15) is 5.82 Å². The number of hydrogen-bond acceptors (Lipinski definition) is 3. The SMILES string of the molecule is CC(=O)c1ccc(CS(=O)(=O)c2ccc(F)cc2)cc1. The highest BCUT2D eigenvalue weighted by atomic mass is 32.2. The second kappa shape index (κ2) is 5.54. The van der Waals surface area contributed by atoms with Gasteiger partial charge in [0.2, 0.25) is 0 Å². The number of halogens is 1. The Morgan fingerprint density at radius 3 is 2.05 bits per heavy atom. The summed E-state index contributed by atoms with van der Waals surface area (Å²) in [4.78, 5) is 11.2.